The van der Waals surface area contributed by atoms with E-state index in [0.29, 0.717) is 17.9 Å². The molecule has 158 valence electrons. The van der Waals surface area contributed by atoms with Gasteiger partial charge in [-0.3, -0.25) is 14.6 Å². The maximum atomic E-state index is 13.0. The molecule has 7 heteroatoms. The number of nitrogens with one attached hydrogen (secondary N) is 1. The van der Waals surface area contributed by atoms with Crippen molar-refractivity contribution < 1.29 is 24.3 Å². The maximum Gasteiger partial charge on any atom is 0.295 e. The van der Waals surface area contributed by atoms with E-state index < -0.39 is 17.7 Å². The van der Waals surface area contributed by atoms with Gasteiger partial charge in [0.25, 0.3) is 11.7 Å². The van der Waals surface area contributed by atoms with Crippen LogP contribution in [0.15, 0.2) is 54.4 Å². The number of rotatable bonds is 8. The van der Waals surface area contributed by atoms with Crippen molar-refractivity contribution >= 4 is 17.4 Å². The second-order valence-electron chi connectivity index (χ2n) is 7.21. The zero-order valence-electron chi connectivity index (χ0n) is 17.6. The number of benzene rings is 1. The summed E-state index contributed by atoms with van der Waals surface area (Å²) in [6.07, 6.45) is 3.24. The molecule has 1 amide bonds. The van der Waals surface area contributed by atoms with Gasteiger partial charge in [-0.2, -0.15) is 0 Å². The number of aliphatic hydroxyl groups is 1. The molecule has 1 saturated heterocycles. The number of nitrogens with zero attached hydrogens (tertiary/aromatic N) is 2. The molecule has 2 heterocycles. The van der Waals surface area contributed by atoms with Crippen LogP contribution in [0.5, 0.6) is 5.75 Å². The summed E-state index contributed by atoms with van der Waals surface area (Å²) in [5, 5.41) is 11.1. The fraction of sp³-hybridized carbons (Fsp3) is 0.348. The third-order valence-corrected chi connectivity index (χ3v) is 5.61. The van der Waals surface area contributed by atoms with Crippen LogP contribution in [-0.4, -0.2) is 60.0 Å². The first-order chi connectivity index (χ1) is 14.5. The van der Waals surface area contributed by atoms with Crippen molar-refractivity contribution in [2.45, 2.75) is 19.9 Å². The Morgan fingerprint density at radius 3 is 2.50 bits per heavy atom. The summed E-state index contributed by atoms with van der Waals surface area (Å²) < 4.78 is 5.23. The monoisotopic (exact) mass is 410 g/mol. The van der Waals surface area contributed by atoms with Gasteiger partial charge in [0, 0.05) is 18.0 Å². The molecule has 1 aromatic heterocycles. The van der Waals surface area contributed by atoms with E-state index in [0.717, 1.165) is 25.2 Å². The standard InChI is InChI=1S/C23H27N3O4/c1-4-25(5-2)13-14-26-20(16-9-11-24-12-10-16)19(22(28)23(26)29)21(27)17-7-6-8-18(15-17)30-3/h6-12,15,20,27H,4-5,13-14H2,1-3H3/p+1/t20-/m0/s1. The van der Waals surface area contributed by atoms with E-state index >= 15 is 0 Å². The third-order valence-electron chi connectivity index (χ3n) is 5.61. The molecule has 2 aromatic rings. The lowest BCUT2D eigenvalue weighted by molar-refractivity contribution is -0.895. The van der Waals surface area contributed by atoms with Gasteiger partial charge in [-0.1, -0.05) is 12.1 Å². The molecule has 3 rings (SSSR count). The maximum absolute atomic E-state index is 13.0. The lowest BCUT2D eigenvalue weighted by Crippen LogP contribution is -3.12. The highest BCUT2D eigenvalue weighted by Crippen LogP contribution is 2.39. The average Bonchev–Trinajstić information content (AvgIpc) is 3.04. The fourth-order valence-corrected chi connectivity index (χ4v) is 3.81. The SMILES string of the molecule is CC[NH+](CC)CCN1C(=O)C(=O)C(=C(O)c2cccc(OC)c2)[C@@H]1c1ccncc1. The van der Waals surface area contributed by atoms with E-state index in [-0.39, 0.29) is 11.3 Å². The van der Waals surface area contributed by atoms with Crippen molar-refractivity contribution in [3.63, 3.8) is 0 Å². The molecule has 0 unspecified atom stereocenters. The molecule has 1 aliphatic heterocycles. The van der Waals surface area contributed by atoms with Crippen LogP contribution in [0.1, 0.15) is 31.0 Å². The van der Waals surface area contributed by atoms with Gasteiger partial charge >= 0.3 is 0 Å². The van der Waals surface area contributed by atoms with Crippen molar-refractivity contribution in [1.82, 2.24) is 9.88 Å². The van der Waals surface area contributed by atoms with E-state index in [2.05, 4.69) is 18.8 Å². The highest BCUT2D eigenvalue weighted by molar-refractivity contribution is 6.46. The first-order valence-corrected chi connectivity index (χ1v) is 10.2. The van der Waals surface area contributed by atoms with Crippen molar-refractivity contribution in [2.24, 2.45) is 0 Å². The second kappa shape index (κ2) is 9.54. The summed E-state index contributed by atoms with van der Waals surface area (Å²) >= 11 is 0. The van der Waals surface area contributed by atoms with Crippen molar-refractivity contribution in [3.05, 3.63) is 65.5 Å². The summed E-state index contributed by atoms with van der Waals surface area (Å²) in [6, 6.07) is 9.70. The second-order valence-corrected chi connectivity index (χ2v) is 7.21. The van der Waals surface area contributed by atoms with Crippen LogP contribution in [0, 0.1) is 0 Å². The number of carbonyl (C=O) groups is 2. The number of amides is 1. The van der Waals surface area contributed by atoms with Gasteiger partial charge < -0.3 is 19.6 Å². The lowest BCUT2D eigenvalue weighted by Gasteiger charge is -2.26. The molecular weight excluding hydrogens is 382 g/mol. The van der Waals surface area contributed by atoms with Crippen LogP contribution < -0.4 is 9.64 Å². The Bertz CT molecular complexity index is 938. The topological polar surface area (TPSA) is 84.2 Å². The van der Waals surface area contributed by atoms with Gasteiger partial charge in [0.1, 0.15) is 11.5 Å². The Morgan fingerprint density at radius 1 is 1.17 bits per heavy atom. The Morgan fingerprint density at radius 2 is 1.87 bits per heavy atom. The molecule has 1 atom stereocenters. The van der Waals surface area contributed by atoms with Gasteiger partial charge in [-0.05, 0) is 43.7 Å². The molecule has 0 radical (unpaired) electrons. The normalized spacial score (nSPS) is 18.3. The summed E-state index contributed by atoms with van der Waals surface area (Å²) in [5.41, 5.74) is 1.26. The number of likely N-dealkylation sites (N-methyl/N-ethyl adjacent to an activating group) is 1. The number of carbonyl (C=O) groups excluding carboxylic acids is 2. The summed E-state index contributed by atoms with van der Waals surface area (Å²) in [5.74, 6) is -0.912. The highest BCUT2D eigenvalue weighted by atomic mass is 16.5. The number of Topliss-reactive ketones (excluding diaryl/α,β-unsaturated/α-hetero) is 1. The number of aromatic nitrogens is 1. The van der Waals surface area contributed by atoms with Gasteiger partial charge in [-0.15, -0.1) is 0 Å². The number of hydrogen-bond donors (Lipinski definition) is 2. The number of likely N-dealkylation sites (tertiary alicyclic amines) is 1. The molecule has 0 saturated carbocycles. The Labute approximate surface area is 176 Å². The summed E-state index contributed by atoms with van der Waals surface area (Å²) in [6.45, 7) is 7.20. The molecule has 7 nitrogen and oxygen atoms in total. The minimum absolute atomic E-state index is 0.0917. The van der Waals surface area contributed by atoms with Crippen LogP contribution in [0.4, 0.5) is 0 Å². The van der Waals surface area contributed by atoms with Crippen LogP contribution >= 0.6 is 0 Å². The summed E-state index contributed by atoms with van der Waals surface area (Å²) in [7, 11) is 1.53. The number of hydrogen-bond acceptors (Lipinski definition) is 5. The van der Waals surface area contributed by atoms with Gasteiger partial charge in [0.15, 0.2) is 0 Å². The number of quaternary nitrogens is 1. The molecular formula is C23H28N3O4+. The smallest absolute Gasteiger partial charge is 0.295 e. The highest BCUT2D eigenvalue weighted by Gasteiger charge is 2.46. The zero-order chi connectivity index (χ0) is 21.7. The van der Waals surface area contributed by atoms with Crippen molar-refractivity contribution in [2.75, 3.05) is 33.3 Å². The quantitative estimate of drug-likeness (QED) is 0.391. The molecule has 2 N–H and O–H groups in total. The van der Waals surface area contributed by atoms with Gasteiger partial charge in [0.05, 0.1) is 44.9 Å². The Kier molecular flexibility index (Phi) is 6.84. The first-order valence-electron chi connectivity index (χ1n) is 10.2. The summed E-state index contributed by atoms with van der Waals surface area (Å²) in [4.78, 5) is 32.9. The zero-order valence-corrected chi connectivity index (χ0v) is 17.6. The molecule has 1 aliphatic rings. The fourth-order valence-electron chi connectivity index (χ4n) is 3.81. The number of ketones is 1. The number of ether oxygens (including phenoxy) is 1. The molecule has 0 bridgehead atoms. The average molecular weight is 410 g/mol. The third kappa shape index (κ3) is 4.21. The van der Waals surface area contributed by atoms with E-state index in [9.17, 15) is 14.7 Å². The van der Waals surface area contributed by atoms with Crippen LogP contribution in [0.3, 0.4) is 0 Å². The number of aliphatic hydroxyl groups excluding tert-OH is 1. The van der Waals surface area contributed by atoms with Crippen molar-refractivity contribution in [3.8, 4) is 5.75 Å². The Balaban J connectivity index is 2.08. The minimum Gasteiger partial charge on any atom is -0.507 e. The van der Waals surface area contributed by atoms with E-state index in [1.165, 1.54) is 12.0 Å². The van der Waals surface area contributed by atoms with Gasteiger partial charge in [0.2, 0.25) is 0 Å². The number of pyridine rings is 1. The molecule has 0 spiro atoms. The molecule has 30 heavy (non-hydrogen) atoms. The van der Waals surface area contributed by atoms with Crippen LogP contribution in [0.2, 0.25) is 0 Å². The van der Waals surface area contributed by atoms with Crippen LogP contribution in [-0.2, 0) is 9.59 Å². The largest absolute Gasteiger partial charge is 0.507 e. The Hall–Kier alpha value is -3.19. The first kappa shape index (κ1) is 21.5. The lowest BCUT2D eigenvalue weighted by atomic mass is 9.96. The van der Waals surface area contributed by atoms with Crippen LogP contribution in [0.25, 0.3) is 5.76 Å². The minimum atomic E-state index is -0.674. The molecule has 1 fully saturated rings. The van der Waals surface area contributed by atoms with E-state index in [4.69, 9.17) is 4.74 Å². The number of methoxy groups -OCH3 is 1. The van der Waals surface area contributed by atoms with E-state index in [1.807, 2.05) is 0 Å². The molecule has 0 aliphatic carbocycles. The van der Waals surface area contributed by atoms with Gasteiger partial charge in [-0.25, -0.2) is 0 Å². The van der Waals surface area contributed by atoms with Crippen molar-refractivity contribution in [1.29, 1.82) is 0 Å². The van der Waals surface area contributed by atoms with E-state index in [1.54, 1.807) is 53.7 Å². The predicted octanol–water partition coefficient (Wildman–Crippen LogP) is 1.44. The predicted molar refractivity (Wildman–Crippen MR) is 113 cm³/mol. The molecule has 1 aromatic carbocycles.